The molecule has 0 aromatic heterocycles. The second-order valence-electron chi connectivity index (χ2n) is 19.9. The maximum absolute atomic E-state index is 14.4. The van der Waals surface area contributed by atoms with Gasteiger partial charge < -0.3 is 19.3 Å². The first kappa shape index (κ1) is 45.9. The molecule has 4 aliphatic heterocycles. The molecule has 0 aliphatic carbocycles. The van der Waals surface area contributed by atoms with Gasteiger partial charge in [0.25, 0.3) is 0 Å². The Balaban J connectivity index is 1.10. The van der Waals surface area contributed by atoms with Crippen LogP contribution < -0.4 is 19.3 Å². The molecular formula is C68H44N2O6S2. The van der Waals surface area contributed by atoms with E-state index in [2.05, 4.69) is 168 Å². The standard InChI is InChI=1S/C68H44N2O6S2/c71-77(72)63-35-19-17-33-59(63)75-61-41-49(37-39-65(61)77)69-55-31-15-13-29-51(55)67(45-21-5-1-6-22-45,46-23-7-2-8-24-46)53-43-58-54(44-57(53)69)68(47-25-9-3-10-26-47,48-27-11-4-12-28-48)52-30-14-16-32-56(52)70(58)50-38-40-66-62(42-50)76-60-34-18-20-36-64(60)78(66,73)74/h1-44H. The number of rotatable bonds is 6. The van der Waals surface area contributed by atoms with Gasteiger partial charge in [0.2, 0.25) is 19.7 Å². The Labute approximate surface area is 452 Å². The average molecular weight is 1050 g/mol. The number of hydrogen-bond acceptors (Lipinski definition) is 8. The number of sulfone groups is 2. The Kier molecular flexibility index (Phi) is 10.0. The number of hydrogen-bond donors (Lipinski definition) is 0. The summed E-state index contributed by atoms with van der Waals surface area (Å²) < 4.78 is 70.5. The summed E-state index contributed by atoms with van der Waals surface area (Å²) in [6.45, 7) is 0. The van der Waals surface area contributed by atoms with E-state index in [-0.39, 0.29) is 42.6 Å². The first-order chi connectivity index (χ1) is 38.2. The summed E-state index contributed by atoms with van der Waals surface area (Å²) in [6.07, 6.45) is 0. The normalized spacial score (nSPS) is 15.9. The third kappa shape index (κ3) is 6.32. The molecule has 0 atom stereocenters. The summed E-state index contributed by atoms with van der Waals surface area (Å²) in [5, 5.41) is 0. The molecule has 0 amide bonds. The number of anilines is 6. The first-order valence-corrected chi connectivity index (χ1v) is 28.7. The molecule has 8 nitrogen and oxygen atoms in total. The molecule has 11 aromatic rings. The molecule has 4 heterocycles. The van der Waals surface area contributed by atoms with Gasteiger partial charge in [-0.3, -0.25) is 0 Å². The van der Waals surface area contributed by atoms with E-state index in [1.54, 1.807) is 60.7 Å². The van der Waals surface area contributed by atoms with Crippen molar-refractivity contribution in [1.82, 2.24) is 0 Å². The van der Waals surface area contributed by atoms with Gasteiger partial charge in [0.1, 0.15) is 42.6 Å². The quantitative estimate of drug-likeness (QED) is 0.163. The summed E-state index contributed by atoms with van der Waals surface area (Å²) in [4.78, 5) is 4.95. The lowest BCUT2D eigenvalue weighted by molar-refractivity contribution is 0.442. The smallest absolute Gasteiger partial charge is 0.213 e. The average Bonchev–Trinajstić information content (AvgIpc) is 3.49. The molecule has 10 heteroatoms. The van der Waals surface area contributed by atoms with Crippen molar-refractivity contribution in [2.45, 2.75) is 30.4 Å². The van der Waals surface area contributed by atoms with E-state index in [0.29, 0.717) is 11.4 Å². The molecule has 0 unspecified atom stereocenters. The Morgan fingerprint density at radius 3 is 0.949 bits per heavy atom. The van der Waals surface area contributed by atoms with E-state index >= 15 is 0 Å². The van der Waals surface area contributed by atoms with Crippen LogP contribution in [0.15, 0.2) is 287 Å². The van der Waals surface area contributed by atoms with Crippen LogP contribution in [-0.4, -0.2) is 16.8 Å². The molecule has 374 valence electrons. The number of nitrogens with zero attached hydrogens (tertiary/aromatic N) is 2. The minimum atomic E-state index is -3.93. The fourth-order valence-electron chi connectivity index (χ4n) is 12.8. The molecule has 11 aromatic carbocycles. The zero-order valence-electron chi connectivity index (χ0n) is 41.6. The molecule has 0 fully saturated rings. The molecule has 0 bridgehead atoms. The van der Waals surface area contributed by atoms with Crippen LogP contribution >= 0.6 is 0 Å². The minimum absolute atomic E-state index is 0.0913. The maximum atomic E-state index is 14.4. The van der Waals surface area contributed by atoms with Crippen molar-refractivity contribution in [2.75, 3.05) is 9.80 Å². The lowest BCUT2D eigenvalue weighted by Gasteiger charge is -2.50. The van der Waals surface area contributed by atoms with Gasteiger partial charge in [-0.15, -0.1) is 0 Å². The highest BCUT2D eigenvalue weighted by Crippen LogP contribution is 2.65. The third-order valence-electron chi connectivity index (χ3n) is 16.0. The predicted octanol–water partition coefficient (Wildman–Crippen LogP) is 15.9. The molecule has 0 N–H and O–H groups in total. The highest BCUT2D eigenvalue weighted by molar-refractivity contribution is 7.92. The molecule has 15 rings (SSSR count). The van der Waals surface area contributed by atoms with Crippen LogP contribution in [0.1, 0.15) is 44.5 Å². The van der Waals surface area contributed by atoms with E-state index < -0.39 is 30.5 Å². The number of ether oxygens (including phenoxy) is 2. The molecule has 78 heavy (non-hydrogen) atoms. The zero-order chi connectivity index (χ0) is 52.4. The van der Waals surface area contributed by atoms with Crippen molar-refractivity contribution in [3.8, 4) is 23.0 Å². The van der Waals surface area contributed by atoms with Crippen molar-refractivity contribution in [2.24, 2.45) is 0 Å². The zero-order valence-corrected chi connectivity index (χ0v) is 43.2. The van der Waals surface area contributed by atoms with Crippen LogP contribution in [0.4, 0.5) is 34.1 Å². The summed E-state index contributed by atoms with van der Waals surface area (Å²) in [5.74, 6) is 1.000. The lowest BCUT2D eigenvalue weighted by Crippen LogP contribution is -2.41. The Hall–Kier alpha value is -9.48. The molecule has 0 saturated heterocycles. The highest BCUT2D eigenvalue weighted by atomic mass is 32.2. The fourth-order valence-corrected chi connectivity index (χ4v) is 15.8. The van der Waals surface area contributed by atoms with Crippen molar-refractivity contribution in [3.63, 3.8) is 0 Å². The summed E-state index contributed by atoms with van der Waals surface area (Å²) in [7, 11) is -7.86. The Morgan fingerprint density at radius 1 is 0.269 bits per heavy atom. The molecule has 4 aliphatic rings. The highest BCUT2D eigenvalue weighted by Gasteiger charge is 2.52. The van der Waals surface area contributed by atoms with Gasteiger partial charge in [-0.1, -0.05) is 182 Å². The monoisotopic (exact) mass is 1050 g/mol. The third-order valence-corrected chi connectivity index (χ3v) is 19.7. The second kappa shape index (κ2) is 17.0. The second-order valence-corrected chi connectivity index (χ2v) is 23.7. The van der Waals surface area contributed by atoms with Crippen LogP contribution in [-0.2, 0) is 30.5 Å². The van der Waals surface area contributed by atoms with Crippen molar-refractivity contribution < 1.29 is 26.3 Å². The van der Waals surface area contributed by atoms with Crippen LogP contribution in [0, 0.1) is 0 Å². The van der Waals surface area contributed by atoms with E-state index in [1.807, 2.05) is 48.5 Å². The summed E-state index contributed by atoms with van der Waals surface area (Å²) in [6, 6.07) is 88.4. The van der Waals surface area contributed by atoms with Crippen molar-refractivity contribution in [3.05, 3.63) is 311 Å². The van der Waals surface area contributed by atoms with Gasteiger partial charge in [0.05, 0.1) is 33.6 Å². The van der Waals surface area contributed by atoms with E-state index in [4.69, 9.17) is 9.47 Å². The fraction of sp³-hybridized carbons (Fsp3) is 0.0294. The number of benzene rings is 11. The summed E-state index contributed by atoms with van der Waals surface area (Å²) >= 11 is 0. The van der Waals surface area contributed by atoms with Crippen molar-refractivity contribution >= 4 is 53.8 Å². The Morgan fingerprint density at radius 2 is 0.577 bits per heavy atom. The van der Waals surface area contributed by atoms with Crippen LogP contribution in [0.25, 0.3) is 0 Å². The molecular weight excluding hydrogens is 1000 g/mol. The van der Waals surface area contributed by atoms with Crippen LogP contribution in [0.2, 0.25) is 0 Å². The van der Waals surface area contributed by atoms with E-state index in [0.717, 1.165) is 67.3 Å². The van der Waals surface area contributed by atoms with Gasteiger partial charge in [-0.05, 0) is 117 Å². The van der Waals surface area contributed by atoms with Crippen LogP contribution in [0.5, 0.6) is 23.0 Å². The summed E-state index contributed by atoms with van der Waals surface area (Å²) in [5.41, 5.74) is 11.0. The lowest BCUT2D eigenvalue weighted by atomic mass is 9.59. The molecule has 0 spiro atoms. The minimum Gasteiger partial charge on any atom is -0.455 e. The largest absolute Gasteiger partial charge is 0.455 e. The van der Waals surface area contributed by atoms with Gasteiger partial charge in [-0.2, -0.15) is 0 Å². The predicted molar refractivity (Wildman–Crippen MR) is 303 cm³/mol. The van der Waals surface area contributed by atoms with Gasteiger partial charge in [0.15, 0.2) is 0 Å². The van der Waals surface area contributed by atoms with Crippen LogP contribution in [0.3, 0.4) is 0 Å². The molecule has 0 radical (unpaired) electrons. The first-order valence-electron chi connectivity index (χ1n) is 25.7. The molecule has 0 saturated carbocycles. The topological polar surface area (TPSA) is 93.2 Å². The number of para-hydroxylation sites is 4. The Bertz CT molecular complexity index is 4130. The van der Waals surface area contributed by atoms with E-state index in [9.17, 15) is 16.8 Å². The SMILES string of the molecule is O=S1(=O)c2ccccc2Oc2cc(N3c4ccccc4C(c4ccccc4)(c4ccccc4)c4cc5c(cc43)C(c3ccccc3)(c3ccccc3)c3ccccc3N5c3ccc4c(c3)Oc3ccccc3S4(=O)=O)ccc21. The van der Waals surface area contributed by atoms with Gasteiger partial charge in [-0.25, -0.2) is 16.8 Å². The van der Waals surface area contributed by atoms with Gasteiger partial charge >= 0.3 is 0 Å². The number of fused-ring (bicyclic) bond motifs is 8. The van der Waals surface area contributed by atoms with E-state index in [1.165, 1.54) is 0 Å². The van der Waals surface area contributed by atoms with Gasteiger partial charge in [0, 0.05) is 23.5 Å². The van der Waals surface area contributed by atoms with Crippen molar-refractivity contribution in [1.29, 1.82) is 0 Å². The maximum Gasteiger partial charge on any atom is 0.213 e.